The van der Waals surface area contributed by atoms with Gasteiger partial charge in [-0.25, -0.2) is 0 Å². The van der Waals surface area contributed by atoms with Crippen LogP contribution in [0.15, 0.2) is 41.8 Å². The highest BCUT2D eigenvalue weighted by atomic mass is 35.5. The lowest BCUT2D eigenvalue weighted by Crippen LogP contribution is -2.30. The minimum absolute atomic E-state index is 0.0765. The summed E-state index contributed by atoms with van der Waals surface area (Å²) in [6, 6.07) is 10.9. The van der Waals surface area contributed by atoms with Crippen LogP contribution in [0.2, 0.25) is 5.02 Å². The minimum atomic E-state index is -0.0765. The summed E-state index contributed by atoms with van der Waals surface area (Å²) in [5, 5.41) is 5.42. The molecule has 1 aromatic heterocycles. The molecule has 1 aliphatic rings. The summed E-state index contributed by atoms with van der Waals surface area (Å²) in [6.07, 6.45) is 0.452. The minimum Gasteiger partial charge on any atom is -0.351 e. The molecule has 0 aliphatic carbocycles. The largest absolute Gasteiger partial charge is 0.351 e. The van der Waals surface area contributed by atoms with E-state index in [-0.39, 0.29) is 17.7 Å². The maximum absolute atomic E-state index is 12.1. The van der Waals surface area contributed by atoms with E-state index in [1.165, 1.54) is 11.3 Å². The van der Waals surface area contributed by atoms with Gasteiger partial charge in [0.2, 0.25) is 5.91 Å². The van der Waals surface area contributed by atoms with Crippen molar-refractivity contribution in [1.29, 1.82) is 0 Å². The van der Waals surface area contributed by atoms with Gasteiger partial charge in [0.05, 0.1) is 4.88 Å². The predicted octanol–water partition coefficient (Wildman–Crippen LogP) is 3.18. The van der Waals surface area contributed by atoms with Gasteiger partial charge < -0.3 is 10.2 Å². The number of nitrogens with zero attached hydrogens (tertiary/aromatic N) is 1. The average Bonchev–Trinajstić information content (AvgIpc) is 3.15. The molecule has 0 radical (unpaired) electrons. The zero-order valence-corrected chi connectivity index (χ0v) is 13.4. The first-order valence-electron chi connectivity index (χ1n) is 7.01. The highest BCUT2D eigenvalue weighted by molar-refractivity contribution is 7.12. The number of hydrogen-bond acceptors (Lipinski definition) is 3. The number of benzene rings is 1. The van der Waals surface area contributed by atoms with Gasteiger partial charge >= 0.3 is 0 Å². The molecule has 0 bridgehead atoms. The van der Waals surface area contributed by atoms with Crippen molar-refractivity contribution in [1.82, 2.24) is 5.32 Å². The molecule has 1 unspecified atom stereocenters. The first-order valence-corrected chi connectivity index (χ1v) is 8.27. The Morgan fingerprint density at radius 2 is 2.09 bits per heavy atom. The predicted molar refractivity (Wildman–Crippen MR) is 88.6 cm³/mol. The quantitative estimate of drug-likeness (QED) is 0.933. The van der Waals surface area contributed by atoms with E-state index in [1.54, 1.807) is 23.1 Å². The number of rotatable bonds is 4. The first-order chi connectivity index (χ1) is 10.6. The average molecular weight is 335 g/mol. The Morgan fingerprint density at radius 3 is 2.77 bits per heavy atom. The van der Waals surface area contributed by atoms with E-state index >= 15 is 0 Å². The van der Waals surface area contributed by atoms with Crippen LogP contribution < -0.4 is 10.2 Å². The molecule has 22 heavy (non-hydrogen) atoms. The van der Waals surface area contributed by atoms with E-state index < -0.39 is 0 Å². The van der Waals surface area contributed by atoms with Gasteiger partial charge in [0.1, 0.15) is 0 Å². The van der Waals surface area contributed by atoms with Crippen LogP contribution in [-0.2, 0) is 4.79 Å². The molecule has 1 saturated heterocycles. The van der Waals surface area contributed by atoms with Crippen molar-refractivity contribution in [2.24, 2.45) is 5.92 Å². The fraction of sp³-hybridized carbons (Fsp3) is 0.250. The lowest BCUT2D eigenvalue weighted by Gasteiger charge is -2.17. The monoisotopic (exact) mass is 334 g/mol. The van der Waals surface area contributed by atoms with Crippen LogP contribution in [0.3, 0.4) is 0 Å². The topological polar surface area (TPSA) is 49.4 Å². The summed E-state index contributed by atoms with van der Waals surface area (Å²) < 4.78 is 0. The fourth-order valence-corrected chi connectivity index (χ4v) is 3.29. The summed E-state index contributed by atoms with van der Waals surface area (Å²) >= 11 is 7.28. The van der Waals surface area contributed by atoms with Crippen molar-refractivity contribution in [3.63, 3.8) is 0 Å². The summed E-state index contributed by atoms with van der Waals surface area (Å²) in [5.74, 6) is 0.136. The van der Waals surface area contributed by atoms with Crippen molar-refractivity contribution in [2.75, 3.05) is 18.0 Å². The standard InChI is InChI=1S/C16H15ClN2O2S/c17-12-3-5-13(6-4-12)19-10-11(8-15(19)20)9-18-16(21)14-2-1-7-22-14/h1-7,11H,8-10H2,(H,18,21). The number of halogens is 1. The number of hydrogen-bond donors (Lipinski definition) is 1. The third-order valence-electron chi connectivity index (χ3n) is 3.64. The molecule has 2 heterocycles. The van der Waals surface area contributed by atoms with Crippen LogP contribution in [0, 0.1) is 5.92 Å². The number of anilines is 1. The SMILES string of the molecule is O=C(NCC1CC(=O)N(c2ccc(Cl)cc2)C1)c1cccs1. The van der Waals surface area contributed by atoms with E-state index in [1.807, 2.05) is 23.6 Å². The van der Waals surface area contributed by atoms with E-state index in [0.717, 1.165) is 5.69 Å². The maximum Gasteiger partial charge on any atom is 0.261 e. The van der Waals surface area contributed by atoms with E-state index in [4.69, 9.17) is 11.6 Å². The Bertz CT molecular complexity index is 670. The summed E-state index contributed by atoms with van der Waals surface area (Å²) in [7, 11) is 0. The van der Waals surface area contributed by atoms with Gasteiger partial charge in [0.15, 0.2) is 0 Å². The molecule has 0 spiro atoms. The van der Waals surface area contributed by atoms with E-state index in [9.17, 15) is 9.59 Å². The highest BCUT2D eigenvalue weighted by Crippen LogP contribution is 2.26. The molecular weight excluding hydrogens is 320 g/mol. The molecule has 1 atom stereocenters. The molecular formula is C16H15ClN2O2S. The Kier molecular flexibility index (Phi) is 4.45. The number of carbonyl (C=O) groups is 2. The molecule has 0 saturated carbocycles. The molecule has 2 aromatic rings. The third kappa shape index (κ3) is 3.31. The number of thiophene rings is 1. The van der Waals surface area contributed by atoms with Gasteiger partial charge in [0, 0.05) is 36.1 Å². The number of nitrogens with one attached hydrogen (secondary N) is 1. The van der Waals surface area contributed by atoms with Gasteiger partial charge in [-0.2, -0.15) is 0 Å². The molecule has 114 valence electrons. The highest BCUT2D eigenvalue weighted by Gasteiger charge is 2.30. The number of carbonyl (C=O) groups excluding carboxylic acids is 2. The van der Waals surface area contributed by atoms with Crippen molar-refractivity contribution >= 4 is 40.4 Å². The third-order valence-corrected chi connectivity index (χ3v) is 4.76. The van der Waals surface area contributed by atoms with Gasteiger partial charge in [0.25, 0.3) is 5.91 Å². The molecule has 1 fully saturated rings. The van der Waals surface area contributed by atoms with E-state index in [2.05, 4.69) is 5.32 Å². The summed E-state index contributed by atoms with van der Waals surface area (Å²) in [6.45, 7) is 1.12. The Balaban J connectivity index is 1.58. The smallest absolute Gasteiger partial charge is 0.261 e. The number of amides is 2. The van der Waals surface area contributed by atoms with Crippen LogP contribution in [0.4, 0.5) is 5.69 Å². The van der Waals surface area contributed by atoms with Gasteiger partial charge in [-0.05, 0) is 35.7 Å². The Hall–Kier alpha value is -1.85. The molecule has 2 amide bonds. The fourth-order valence-electron chi connectivity index (χ4n) is 2.52. The van der Waals surface area contributed by atoms with Crippen LogP contribution in [0.5, 0.6) is 0 Å². The van der Waals surface area contributed by atoms with Crippen molar-refractivity contribution in [3.05, 3.63) is 51.7 Å². The zero-order valence-electron chi connectivity index (χ0n) is 11.8. The van der Waals surface area contributed by atoms with Crippen LogP contribution in [-0.4, -0.2) is 24.9 Å². The lowest BCUT2D eigenvalue weighted by atomic mass is 10.1. The van der Waals surface area contributed by atoms with Crippen LogP contribution >= 0.6 is 22.9 Å². The van der Waals surface area contributed by atoms with Crippen LogP contribution in [0.25, 0.3) is 0 Å². The zero-order chi connectivity index (χ0) is 15.5. The summed E-state index contributed by atoms with van der Waals surface area (Å²) in [4.78, 5) is 26.5. The van der Waals surface area contributed by atoms with Crippen molar-refractivity contribution in [3.8, 4) is 0 Å². The molecule has 4 nitrogen and oxygen atoms in total. The molecule has 1 aliphatic heterocycles. The lowest BCUT2D eigenvalue weighted by molar-refractivity contribution is -0.117. The second kappa shape index (κ2) is 6.50. The second-order valence-electron chi connectivity index (χ2n) is 5.24. The Morgan fingerprint density at radius 1 is 1.32 bits per heavy atom. The summed E-state index contributed by atoms with van der Waals surface area (Å²) in [5.41, 5.74) is 0.849. The van der Waals surface area contributed by atoms with Crippen LogP contribution in [0.1, 0.15) is 16.1 Å². The first kappa shape index (κ1) is 15.1. The Labute approximate surface area is 137 Å². The molecule has 1 aromatic carbocycles. The van der Waals surface area contributed by atoms with E-state index in [0.29, 0.717) is 29.4 Å². The van der Waals surface area contributed by atoms with Crippen molar-refractivity contribution in [2.45, 2.75) is 6.42 Å². The molecule has 6 heteroatoms. The van der Waals surface area contributed by atoms with Gasteiger partial charge in [-0.3, -0.25) is 9.59 Å². The molecule has 3 rings (SSSR count). The van der Waals surface area contributed by atoms with Gasteiger partial charge in [-0.15, -0.1) is 11.3 Å². The normalized spacial score (nSPS) is 17.8. The maximum atomic E-state index is 12.1. The molecule has 1 N–H and O–H groups in total. The second-order valence-corrected chi connectivity index (χ2v) is 6.62. The van der Waals surface area contributed by atoms with Gasteiger partial charge in [-0.1, -0.05) is 17.7 Å². The van der Waals surface area contributed by atoms with Crippen molar-refractivity contribution < 1.29 is 9.59 Å².